The molecule has 0 fully saturated rings. The van der Waals surface area contributed by atoms with Crippen LogP contribution in [0.3, 0.4) is 0 Å². The molecule has 0 spiro atoms. The second-order valence-corrected chi connectivity index (χ2v) is 7.51. The fourth-order valence-electron chi connectivity index (χ4n) is 2.18. The van der Waals surface area contributed by atoms with Crippen molar-refractivity contribution in [2.24, 2.45) is 5.14 Å². The number of nitrogens with two attached hydrogens (primary N) is 1. The number of urea groups is 1. The van der Waals surface area contributed by atoms with E-state index in [1.807, 2.05) is 6.92 Å². The summed E-state index contributed by atoms with van der Waals surface area (Å²) in [6.07, 6.45) is 2.93. The Balaban J connectivity index is 2.44. The number of unbranched alkanes of at least 4 members (excludes halogenated alkanes) is 1. The SMILES string of the molecule is CCCCOCCCNC(=O)N(C)C(C)c1ccc(S(N)(=O)=O)cc1. The van der Waals surface area contributed by atoms with Crippen molar-refractivity contribution >= 4 is 16.1 Å². The van der Waals surface area contributed by atoms with Crippen molar-refractivity contribution in [2.75, 3.05) is 26.8 Å². The van der Waals surface area contributed by atoms with E-state index in [0.29, 0.717) is 13.2 Å². The first kappa shape index (κ1) is 21.4. The largest absolute Gasteiger partial charge is 0.381 e. The third-order valence-electron chi connectivity index (χ3n) is 3.98. The lowest BCUT2D eigenvalue weighted by atomic mass is 10.1. The number of hydrogen-bond acceptors (Lipinski definition) is 4. The number of primary sulfonamides is 1. The summed E-state index contributed by atoms with van der Waals surface area (Å²) in [5, 5.41) is 7.94. The van der Waals surface area contributed by atoms with Crippen molar-refractivity contribution in [1.82, 2.24) is 10.2 Å². The van der Waals surface area contributed by atoms with Crippen molar-refractivity contribution in [3.05, 3.63) is 29.8 Å². The molecule has 1 atom stereocenters. The smallest absolute Gasteiger partial charge is 0.317 e. The third-order valence-corrected chi connectivity index (χ3v) is 4.91. The van der Waals surface area contributed by atoms with Gasteiger partial charge in [0.1, 0.15) is 0 Å². The maximum Gasteiger partial charge on any atom is 0.317 e. The molecule has 7 nitrogen and oxygen atoms in total. The molecule has 1 rings (SSSR count). The number of rotatable bonds is 10. The van der Waals surface area contributed by atoms with Gasteiger partial charge in [-0.15, -0.1) is 0 Å². The molecule has 0 bridgehead atoms. The minimum Gasteiger partial charge on any atom is -0.381 e. The highest BCUT2D eigenvalue weighted by atomic mass is 32.2. The molecule has 0 saturated heterocycles. The van der Waals surface area contributed by atoms with E-state index in [0.717, 1.165) is 31.4 Å². The molecule has 0 aromatic heterocycles. The minimum absolute atomic E-state index is 0.0543. The van der Waals surface area contributed by atoms with Crippen LogP contribution >= 0.6 is 0 Å². The second kappa shape index (κ2) is 10.4. The van der Waals surface area contributed by atoms with Crippen molar-refractivity contribution in [1.29, 1.82) is 0 Å². The number of ether oxygens (including phenoxy) is 1. The fourth-order valence-corrected chi connectivity index (χ4v) is 2.69. The van der Waals surface area contributed by atoms with E-state index in [9.17, 15) is 13.2 Å². The van der Waals surface area contributed by atoms with Crippen LogP contribution in [0.4, 0.5) is 4.79 Å². The number of hydrogen-bond donors (Lipinski definition) is 2. The van der Waals surface area contributed by atoms with Crippen LogP contribution in [-0.2, 0) is 14.8 Å². The summed E-state index contributed by atoms with van der Waals surface area (Å²) < 4.78 is 28.0. The molecule has 0 saturated carbocycles. The standard InChI is InChI=1S/C17H29N3O4S/c1-4-5-12-24-13-6-11-19-17(21)20(3)14(2)15-7-9-16(10-8-15)25(18,22)23/h7-10,14H,4-6,11-13H2,1-3H3,(H,19,21)(H2,18,22,23). The van der Waals surface area contributed by atoms with Crippen LogP contribution in [0.1, 0.15) is 44.7 Å². The lowest BCUT2D eigenvalue weighted by molar-refractivity contribution is 0.128. The molecular formula is C17H29N3O4S. The van der Waals surface area contributed by atoms with Gasteiger partial charge in [-0.2, -0.15) is 0 Å². The van der Waals surface area contributed by atoms with Gasteiger partial charge >= 0.3 is 6.03 Å². The van der Waals surface area contributed by atoms with Crippen molar-refractivity contribution in [2.45, 2.75) is 44.0 Å². The average molecular weight is 372 g/mol. The quantitative estimate of drug-likeness (QED) is 0.616. The number of nitrogens with one attached hydrogen (secondary N) is 1. The predicted molar refractivity (Wildman–Crippen MR) is 97.7 cm³/mol. The Labute approximate surface area is 150 Å². The fraction of sp³-hybridized carbons (Fsp3) is 0.588. The van der Waals surface area contributed by atoms with Crippen LogP contribution in [-0.4, -0.2) is 46.2 Å². The first-order chi connectivity index (χ1) is 11.8. The summed E-state index contributed by atoms with van der Waals surface area (Å²) in [5.41, 5.74) is 0.827. The Morgan fingerprint density at radius 3 is 2.40 bits per heavy atom. The van der Waals surface area contributed by atoms with Gasteiger partial charge in [-0.1, -0.05) is 25.5 Å². The number of carbonyl (C=O) groups is 1. The summed E-state index contributed by atoms with van der Waals surface area (Å²) in [6, 6.07) is 5.83. The Morgan fingerprint density at radius 1 is 1.24 bits per heavy atom. The number of nitrogens with zero attached hydrogens (tertiary/aromatic N) is 1. The normalized spacial score (nSPS) is 12.6. The second-order valence-electron chi connectivity index (χ2n) is 5.95. The maximum absolute atomic E-state index is 12.2. The topological polar surface area (TPSA) is 102 Å². The van der Waals surface area contributed by atoms with Gasteiger partial charge in [-0.25, -0.2) is 18.4 Å². The van der Waals surface area contributed by atoms with Crippen LogP contribution in [0, 0.1) is 0 Å². The monoisotopic (exact) mass is 371 g/mol. The van der Waals surface area contributed by atoms with Crippen LogP contribution in [0.25, 0.3) is 0 Å². The van der Waals surface area contributed by atoms with E-state index in [-0.39, 0.29) is 17.0 Å². The lowest BCUT2D eigenvalue weighted by Crippen LogP contribution is -2.39. The van der Waals surface area contributed by atoms with Gasteiger partial charge in [-0.05, 0) is 37.5 Å². The van der Waals surface area contributed by atoms with Gasteiger partial charge in [0.2, 0.25) is 10.0 Å². The van der Waals surface area contributed by atoms with E-state index in [1.165, 1.54) is 12.1 Å². The van der Waals surface area contributed by atoms with Gasteiger partial charge in [-0.3, -0.25) is 0 Å². The molecule has 0 aliphatic carbocycles. The van der Waals surface area contributed by atoms with Gasteiger partial charge in [0.05, 0.1) is 10.9 Å². The molecule has 25 heavy (non-hydrogen) atoms. The highest BCUT2D eigenvalue weighted by molar-refractivity contribution is 7.89. The average Bonchev–Trinajstić information content (AvgIpc) is 2.58. The predicted octanol–water partition coefficient (Wildman–Crippen LogP) is 2.24. The zero-order valence-corrected chi connectivity index (χ0v) is 16.0. The van der Waals surface area contributed by atoms with Gasteiger partial charge in [0.15, 0.2) is 0 Å². The molecule has 0 radical (unpaired) electrons. The molecule has 142 valence electrons. The first-order valence-electron chi connectivity index (χ1n) is 8.48. The third kappa shape index (κ3) is 7.41. The van der Waals surface area contributed by atoms with E-state index in [1.54, 1.807) is 24.1 Å². The Morgan fingerprint density at radius 2 is 1.84 bits per heavy atom. The molecule has 0 aliphatic heterocycles. The van der Waals surface area contributed by atoms with Crippen molar-refractivity contribution in [3.63, 3.8) is 0 Å². The zero-order valence-electron chi connectivity index (χ0n) is 15.2. The van der Waals surface area contributed by atoms with Gasteiger partial charge < -0.3 is 15.0 Å². The van der Waals surface area contributed by atoms with Crippen LogP contribution < -0.4 is 10.5 Å². The molecule has 8 heteroatoms. The van der Waals surface area contributed by atoms with Crippen LogP contribution in [0.15, 0.2) is 29.2 Å². The highest BCUT2D eigenvalue weighted by Crippen LogP contribution is 2.20. The van der Waals surface area contributed by atoms with Gasteiger partial charge in [0, 0.05) is 26.8 Å². The lowest BCUT2D eigenvalue weighted by Gasteiger charge is -2.25. The van der Waals surface area contributed by atoms with E-state index < -0.39 is 10.0 Å². The Bertz CT molecular complexity index is 632. The number of sulfonamides is 1. The molecule has 3 N–H and O–H groups in total. The summed E-state index contributed by atoms with van der Waals surface area (Å²) in [6.45, 7) is 5.93. The summed E-state index contributed by atoms with van der Waals surface area (Å²) in [7, 11) is -2.01. The highest BCUT2D eigenvalue weighted by Gasteiger charge is 2.17. The molecule has 2 amide bonds. The molecular weight excluding hydrogens is 342 g/mol. The molecule has 1 aromatic carbocycles. The summed E-state index contributed by atoms with van der Waals surface area (Å²) in [4.78, 5) is 13.8. The molecule has 1 unspecified atom stereocenters. The summed E-state index contributed by atoms with van der Waals surface area (Å²) in [5.74, 6) is 0. The van der Waals surface area contributed by atoms with Crippen LogP contribution in [0.2, 0.25) is 0 Å². The van der Waals surface area contributed by atoms with E-state index in [2.05, 4.69) is 12.2 Å². The van der Waals surface area contributed by atoms with E-state index in [4.69, 9.17) is 9.88 Å². The number of benzene rings is 1. The molecule has 0 heterocycles. The number of amides is 2. The minimum atomic E-state index is -3.71. The zero-order chi connectivity index (χ0) is 18.9. The number of carbonyl (C=O) groups excluding carboxylic acids is 1. The summed E-state index contributed by atoms with van der Waals surface area (Å²) >= 11 is 0. The van der Waals surface area contributed by atoms with Crippen LogP contribution in [0.5, 0.6) is 0 Å². The molecule has 0 aliphatic rings. The van der Waals surface area contributed by atoms with Crippen molar-refractivity contribution < 1.29 is 17.9 Å². The van der Waals surface area contributed by atoms with E-state index >= 15 is 0 Å². The maximum atomic E-state index is 12.2. The van der Waals surface area contributed by atoms with Crippen molar-refractivity contribution in [3.8, 4) is 0 Å². The Hall–Kier alpha value is -1.64. The van der Waals surface area contributed by atoms with Gasteiger partial charge in [0.25, 0.3) is 0 Å². The first-order valence-corrected chi connectivity index (χ1v) is 10.0. The Kier molecular flexibility index (Phi) is 8.88. The molecule has 1 aromatic rings.